The summed E-state index contributed by atoms with van der Waals surface area (Å²) in [6.45, 7) is 6.29. The Balaban J connectivity index is 1.56. The lowest BCUT2D eigenvalue weighted by Crippen LogP contribution is -2.50. The summed E-state index contributed by atoms with van der Waals surface area (Å²) in [5.74, 6) is 1.80. The second-order valence-corrected chi connectivity index (χ2v) is 9.76. The molecule has 0 radical (unpaired) electrons. The van der Waals surface area contributed by atoms with Crippen LogP contribution in [0.15, 0.2) is 16.8 Å². The van der Waals surface area contributed by atoms with Crippen molar-refractivity contribution in [1.29, 1.82) is 0 Å². The molecule has 0 heterocycles. The summed E-state index contributed by atoms with van der Waals surface area (Å²) < 4.78 is 5.53. The molecule has 0 saturated heterocycles. The average molecular weight is 388 g/mol. The summed E-state index contributed by atoms with van der Waals surface area (Å²) in [4.78, 5) is 22.5. The number of nitrogens with two attached hydrogens (primary N) is 1. The Labute approximate surface area is 167 Å². The van der Waals surface area contributed by atoms with Crippen LogP contribution in [0.25, 0.3) is 0 Å². The van der Waals surface area contributed by atoms with E-state index in [2.05, 4.69) is 30.5 Å². The SMILES string of the molecule is CC(=O)O[C@H]1CC[C@@]2(C)C(=CC[C@H]3[C@H]2CC[C@]2(C)/C(=N\NC(N)=O)CC[C@H]32)C1. The maximum absolute atomic E-state index is 11.4. The third-order valence-corrected chi connectivity index (χ3v) is 8.43. The Morgan fingerprint density at radius 2 is 1.89 bits per heavy atom. The summed E-state index contributed by atoms with van der Waals surface area (Å²) >= 11 is 0. The van der Waals surface area contributed by atoms with Crippen molar-refractivity contribution in [3.05, 3.63) is 11.6 Å². The molecule has 154 valence electrons. The molecule has 6 atom stereocenters. The molecular formula is C22H33N3O3. The van der Waals surface area contributed by atoms with E-state index in [4.69, 9.17) is 10.5 Å². The molecule has 4 rings (SSSR count). The Bertz CT molecular complexity index is 745. The number of rotatable bonds is 2. The molecule has 0 aromatic rings. The molecular weight excluding hydrogens is 354 g/mol. The maximum atomic E-state index is 11.4. The third kappa shape index (κ3) is 3.05. The monoisotopic (exact) mass is 387 g/mol. The average Bonchev–Trinajstić information content (AvgIpc) is 2.96. The van der Waals surface area contributed by atoms with Gasteiger partial charge in [-0.05, 0) is 68.1 Å². The van der Waals surface area contributed by atoms with Crippen LogP contribution in [0.1, 0.15) is 72.1 Å². The van der Waals surface area contributed by atoms with Gasteiger partial charge in [0.25, 0.3) is 0 Å². The molecule has 2 amide bonds. The number of urea groups is 1. The summed E-state index contributed by atoms with van der Waals surface area (Å²) in [7, 11) is 0. The van der Waals surface area contributed by atoms with Gasteiger partial charge >= 0.3 is 12.0 Å². The van der Waals surface area contributed by atoms with E-state index in [0.29, 0.717) is 17.8 Å². The van der Waals surface area contributed by atoms with Gasteiger partial charge in [-0.15, -0.1) is 0 Å². The summed E-state index contributed by atoms with van der Waals surface area (Å²) in [6, 6.07) is -0.587. The molecule has 6 nitrogen and oxygen atoms in total. The first-order valence-electron chi connectivity index (χ1n) is 10.7. The second-order valence-electron chi connectivity index (χ2n) is 9.76. The Kier molecular flexibility index (Phi) is 4.79. The molecule has 0 aromatic heterocycles. The van der Waals surface area contributed by atoms with E-state index in [-0.39, 0.29) is 22.9 Å². The predicted molar refractivity (Wildman–Crippen MR) is 107 cm³/mol. The van der Waals surface area contributed by atoms with Gasteiger partial charge in [-0.2, -0.15) is 5.10 Å². The van der Waals surface area contributed by atoms with Crippen molar-refractivity contribution in [1.82, 2.24) is 5.43 Å². The van der Waals surface area contributed by atoms with Gasteiger partial charge in [-0.1, -0.05) is 25.5 Å². The van der Waals surface area contributed by atoms with Crippen molar-refractivity contribution in [2.75, 3.05) is 0 Å². The standard InChI is InChI=1S/C22H33N3O3/c1-13(26)28-15-8-10-21(2)14(12-15)4-5-16-17-6-7-19(24-25-20(23)27)22(17,3)11-9-18(16)21/h4,15-18H,5-12H2,1-3H3,(H3,23,25,27)/b24-19-/t15-,16+,17+,18+,21-,22-/m0/s1. The molecule has 4 aliphatic carbocycles. The largest absolute Gasteiger partial charge is 0.462 e. The minimum atomic E-state index is -0.587. The van der Waals surface area contributed by atoms with E-state index in [1.54, 1.807) is 0 Å². The van der Waals surface area contributed by atoms with Crippen LogP contribution < -0.4 is 11.2 Å². The van der Waals surface area contributed by atoms with Crippen LogP contribution in [0.2, 0.25) is 0 Å². The fraction of sp³-hybridized carbons (Fsp3) is 0.773. The molecule has 0 aromatic carbocycles. The number of allylic oxidation sites excluding steroid dienone is 1. The van der Waals surface area contributed by atoms with Gasteiger partial charge in [0.2, 0.25) is 0 Å². The van der Waals surface area contributed by atoms with Crippen molar-refractivity contribution in [2.24, 2.45) is 39.4 Å². The first kappa shape index (κ1) is 19.5. The number of nitrogens with zero attached hydrogens (tertiary/aromatic N) is 1. The maximum Gasteiger partial charge on any atom is 0.332 e. The zero-order valence-electron chi connectivity index (χ0n) is 17.3. The number of primary amides is 1. The van der Waals surface area contributed by atoms with Crippen LogP contribution in [0.5, 0.6) is 0 Å². The molecule has 0 bridgehead atoms. The van der Waals surface area contributed by atoms with Crippen LogP contribution in [-0.4, -0.2) is 23.8 Å². The summed E-state index contributed by atoms with van der Waals surface area (Å²) in [5.41, 5.74) is 10.6. The normalized spacial score (nSPS) is 43.4. The minimum Gasteiger partial charge on any atom is -0.462 e. The van der Waals surface area contributed by atoms with Crippen molar-refractivity contribution < 1.29 is 14.3 Å². The topological polar surface area (TPSA) is 93.8 Å². The highest BCUT2D eigenvalue weighted by atomic mass is 16.5. The number of nitrogens with one attached hydrogen (secondary N) is 1. The molecule has 4 aliphatic rings. The van der Waals surface area contributed by atoms with Crippen LogP contribution >= 0.6 is 0 Å². The lowest BCUT2D eigenvalue weighted by Gasteiger charge is -2.57. The van der Waals surface area contributed by atoms with Gasteiger partial charge in [0.05, 0.1) is 0 Å². The third-order valence-electron chi connectivity index (χ3n) is 8.43. The van der Waals surface area contributed by atoms with Gasteiger partial charge < -0.3 is 10.5 Å². The summed E-state index contributed by atoms with van der Waals surface area (Å²) in [5, 5.41) is 4.38. The predicted octanol–water partition coefficient (Wildman–Crippen LogP) is 3.91. The van der Waals surface area contributed by atoms with Gasteiger partial charge in [0.1, 0.15) is 6.10 Å². The van der Waals surface area contributed by atoms with Gasteiger partial charge in [0.15, 0.2) is 0 Å². The van der Waals surface area contributed by atoms with Gasteiger partial charge in [0, 0.05) is 24.5 Å². The van der Waals surface area contributed by atoms with E-state index >= 15 is 0 Å². The first-order valence-corrected chi connectivity index (χ1v) is 10.7. The first-order chi connectivity index (χ1) is 13.2. The van der Waals surface area contributed by atoms with E-state index in [0.717, 1.165) is 50.7 Å². The second kappa shape index (κ2) is 6.89. The smallest absolute Gasteiger partial charge is 0.332 e. The number of carbonyl (C=O) groups excluding carboxylic acids is 2. The van der Waals surface area contributed by atoms with E-state index in [9.17, 15) is 9.59 Å². The molecule has 0 spiro atoms. The quantitative estimate of drug-likeness (QED) is 0.427. The van der Waals surface area contributed by atoms with E-state index in [1.807, 2.05) is 0 Å². The highest BCUT2D eigenvalue weighted by molar-refractivity contribution is 5.93. The highest BCUT2D eigenvalue weighted by Crippen LogP contribution is 2.64. The number of hydrogen-bond donors (Lipinski definition) is 2. The fourth-order valence-electron chi connectivity index (χ4n) is 7.06. The van der Waals surface area contributed by atoms with Gasteiger partial charge in [-0.25, -0.2) is 10.2 Å². The number of carbonyl (C=O) groups is 2. The molecule has 3 fully saturated rings. The number of hydrogen-bond acceptors (Lipinski definition) is 4. The molecule has 0 unspecified atom stereocenters. The van der Waals surface area contributed by atoms with Crippen LogP contribution in [0.4, 0.5) is 4.79 Å². The lowest BCUT2D eigenvalue weighted by atomic mass is 9.48. The Morgan fingerprint density at radius 3 is 2.61 bits per heavy atom. The van der Waals surface area contributed by atoms with Crippen molar-refractivity contribution >= 4 is 17.7 Å². The van der Waals surface area contributed by atoms with Crippen molar-refractivity contribution in [2.45, 2.75) is 78.2 Å². The number of ether oxygens (including phenoxy) is 1. The lowest BCUT2D eigenvalue weighted by molar-refractivity contribution is -0.148. The number of fused-ring (bicyclic) bond motifs is 5. The Morgan fingerprint density at radius 1 is 1.18 bits per heavy atom. The zero-order chi connectivity index (χ0) is 20.1. The van der Waals surface area contributed by atoms with Crippen LogP contribution in [0, 0.1) is 28.6 Å². The molecule has 6 heteroatoms. The van der Waals surface area contributed by atoms with E-state index in [1.165, 1.54) is 18.9 Å². The van der Waals surface area contributed by atoms with Crippen LogP contribution in [-0.2, 0) is 9.53 Å². The van der Waals surface area contributed by atoms with Crippen molar-refractivity contribution in [3.63, 3.8) is 0 Å². The number of esters is 1. The zero-order valence-corrected chi connectivity index (χ0v) is 17.3. The molecule has 28 heavy (non-hydrogen) atoms. The highest BCUT2D eigenvalue weighted by Gasteiger charge is 2.58. The number of hydrazone groups is 1. The Hall–Kier alpha value is -1.85. The summed E-state index contributed by atoms with van der Waals surface area (Å²) in [6.07, 6.45) is 11.0. The van der Waals surface area contributed by atoms with Crippen molar-refractivity contribution in [3.8, 4) is 0 Å². The molecule has 3 N–H and O–H groups in total. The van der Waals surface area contributed by atoms with Crippen LogP contribution in [0.3, 0.4) is 0 Å². The fourth-order valence-corrected chi connectivity index (χ4v) is 7.06. The molecule has 3 saturated carbocycles. The van der Waals surface area contributed by atoms with E-state index < -0.39 is 6.03 Å². The van der Waals surface area contributed by atoms with Gasteiger partial charge in [-0.3, -0.25) is 4.79 Å². The molecule has 0 aliphatic heterocycles. The minimum absolute atomic E-state index is 0.0484. The number of amides is 2.